The Labute approximate surface area is 161 Å². The van der Waals surface area contributed by atoms with Gasteiger partial charge in [0.05, 0.1) is 35.5 Å². The van der Waals surface area contributed by atoms with Gasteiger partial charge in [-0.1, -0.05) is 23.7 Å². The molecule has 0 N–H and O–H groups in total. The Kier molecular flexibility index (Phi) is 5.64. The van der Waals surface area contributed by atoms with Crippen LogP contribution in [0.3, 0.4) is 0 Å². The van der Waals surface area contributed by atoms with Crippen molar-refractivity contribution in [3.05, 3.63) is 52.0 Å². The Bertz CT molecular complexity index is 909. The van der Waals surface area contributed by atoms with Crippen molar-refractivity contribution in [3.63, 3.8) is 0 Å². The summed E-state index contributed by atoms with van der Waals surface area (Å²) in [6, 6.07) is 11.2. The van der Waals surface area contributed by atoms with Crippen molar-refractivity contribution in [2.75, 3.05) is 20.8 Å². The first-order valence-electron chi connectivity index (χ1n) is 8.13. The lowest BCUT2D eigenvalue weighted by Gasteiger charge is -2.18. The van der Waals surface area contributed by atoms with E-state index < -0.39 is 0 Å². The van der Waals surface area contributed by atoms with Gasteiger partial charge in [-0.05, 0) is 31.2 Å². The summed E-state index contributed by atoms with van der Waals surface area (Å²) in [4.78, 5) is 19.0. The second kappa shape index (κ2) is 7.93. The molecule has 136 valence electrons. The van der Waals surface area contributed by atoms with E-state index in [4.69, 9.17) is 21.1 Å². The molecule has 3 aromatic rings. The van der Waals surface area contributed by atoms with E-state index in [1.807, 2.05) is 31.2 Å². The van der Waals surface area contributed by atoms with E-state index in [2.05, 4.69) is 4.98 Å². The van der Waals surface area contributed by atoms with Gasteiger partial charge in [-0.2, -0.15) is 0 Å². The van der Waals surface area contributed by atoms with Crippen molar-refractivity contribution in [1.82, 2.24) is 9.88 Å². The molecule has 1 aromatic heterocycles. The van der Waals surface area contributed by atoms with Gasteiger partial charge in [0.2, 0.25) is 0 Å². The number of aromatic nitrogens is 1. The number of rotatable bonds is 6. The van der Waals surface area contributed by atoms with Gasteiger partial charge in [-0.15, -0.1) is 11.3 Å². The van der Waals surface area contributed by atoms with E-state index in [1.165, 1.54) is 7.11 Å². The molecular weight excluding hydrogens is 372 g/mol. The number of benzene rings is 2. The van der Waals surface area contributed by atoms with E-state index in [9.17, 15) is 4.79 Å². The molecule has 0 atom stereocenters. The number of hydrogen-bond acceptors (Lipinski definition) is 5. The van der Waals surface area contributed by atoms with Gasteiger partial charge in [0.15, 0.2) is 11.5 Å². The highest BCUT2D eigenvalue weighted by Crippen LogP contribution is 2.36. The lowest BCUT2D eigenvalue weighted by molar-refractivity contribution is 0.0784. The lowest BCUT2D eigenvalue weighted by atomic mass is 10.1. The highest BCUT2D eigenvalue weighted by Gasteiger charge is 2.19. The van der Waals surface area contributed by atoms with Crippen molar-refractivity contribution >= 4 is 39.1 Å². The highest BCUT2D eigenvalue weighted by atomic mass is 35.5. The fourth-order valence-electron chi connectivity index (χ4n) is 2.61. The number of amides is 1. The Morgan fingerprint density at radius 3 is 2.77 bits per heavy atom. The first kappa shape index (κ1) is 18.5. The van der Waals surface area contributed by atoms with Gasteiger partial charge in [-0.25, -0.2) is 4.98 Å². The van der Waals surface area contributed by atoms with Gasteiger partial charge in [-0.3, -0.25) is 4.79 Å². The summed E-state index contributed by atoms with van der Waals surface area (Å²) in [5, 5.41) is 1.23. The van der Waals surface area contributed by atoms with Crippen LogP contribution >= 0.6 is 22.9 Å². The molecule has 3 rings (SSSR count). The maximum Gasteiger partial charge on any atom is 0.254 e. The molecular formula is C19H19ClN2O3S. The molecule has 0 aliphatic rings. The summed E-state index contributed by atoms with van der Waals surface area (Å²) < 4.78 is 11.9. The Morgan fingerprint density at radius 1 is 1.31 bits per heavy atom. The summed E-state index contributed by atoms with van der Waals surface area (Å²) in [6.07, 6.45) is 0. The normalized spacial score (nSPS) is 10.8. The van der Waals surface area contributed by atoms with Crippen LogP contribution in [0.5, 0.6) is 11.5 Å². The number of methoxy groups -OCH3 is 1. The smallest absolute Gasteiger partial charge is 0.254 e. The summed E-state index contributed by atoms with van der Waals surface area (Å²) in [5.74, 6) is 0.727. The van der Waals surface area contributed by atoms with Crippen molar-refractivity contribution in [3.8, 4) is 11.5 Å². The zero-order valence-electron chi connectivity index (χ0n) is 14.8. The zero-order valence-corrected chi connectivity index (χ0v) is 16.4. The van der Waals surface area contributed by atoms with Crippen molar-refractivity contribution in [2.24, 2.45) is 0 Å². The molecule has 1 heterocycles. The predicted octanol–water partition coefficient (Wildman–Crippen LogP) is 4.63. The third-order valence-corrected chi connectivity index (χ3v) is 5.12. The van der Waals surface area contributed by atoms with E-state index in [-0.39, 0.29) is 5.91 Å². The van der Waals surface area contributed by atoms with E-state index >= 15 is 0 Å². The molecule has 1 amide bonds. The molecule has 2 aromatic carbocycles. The number of carbonyl (C=O) groups is 1. The average Bonchev–Trinajstić information content (AvgIpc) is 3.04. The molecule has 0 aliphatic heterocycles. The van der Waals surface area contributed by atoms with Crippen LogP contribution in [-0.4, -0.2) is 36.6 Å². The third kappa shape index (κ3) is 3.76. The van der Waals surface area contributed by atoms with Gasteiger partial charge in [0, 0.05) is 12.6 Å². The molecule has 7 heteroatoms. The molecule has 0 unspecified atom stereocenters. The van der Waals surface area contributed by atoms with Gasteiger partial charge in [0.1, 0.15) is 5.01 Å². The molecule has 0 spiro atoms. The number of halogens is 1. The summed E-state index contributed by atoms with van der Waals surface area (Å²) in [7, 11) is 3.26. The number of thiazole rings is 1. The molecule has 0 radical (unpaired) electrons. The minimum Gasteiger partial charge on any atom is -0.493 e. The average molecular weight is 391 g/mol. The van der Waals surface area contributed by atoms with E-state index in [0.29, 0.717) is 35.2 Å². The molecule has 26 heavy (non-hydrogen) atoms. The van der Waals surface area contributed by atoms with Crippen LogP contribution in [0.2, 0.25) is 5.02 Å². The quantitative estimate of drug-likeness (QED) is 0.615. The van der Waals surface area contributed by atoms with Crippen LogP contribution in [0.1, 0.15) is 22.3 Å². The SMILES string of the molecule is CCOc1c(Cl)cc(C(=O)N(C)Cc2nc3ccccc3s2)cc1OC. The Hall–Kier alpha value is -2.31. The third-order valence-electron chi connectivity index (χ3n) is 3.82. The minimum atomic E-state index is -0.160. The fraction of sp³-hybridized carbons (Fsp3) is 0.263. The first-order chi connectivity index (χ1) is 12.5. The number of ether oxygens (including phenoxy) is 2. The van der Waals surface area contributed by atoms with Crippen LogP contribution in [0.25, 0.3) is 10.2 Å². The number of para-hydroxylation sites is 1. The van der Waals surface area contributed by atoms with Gasteiger partial charge in [0.25, 0.3) is 5.91 Å². The number of fused-ring (bicyclic) bond motifs is 1. The number of nitrogens with zero attached hydrogens (tertiary/aromatic N) is 2. The standard InChI is InChI=1S/C19H19ClN2O3S/c1-4-25-18-13(20)9-12(10-15(18)24-3)19(23)22(2)11-17-21-14-7-5-6-8-16(14)26-17/h5-10H,4,11H2,1-3H3. The van der Waals surface area contributed by atoms with Crippen LogP contribution in [-0.2, 0) is 6.54 Å². The lowest BCUT2D eigenvalue weighted by Crippen LogP contribution is -2.26. The van der Waals surface area contributed by atoms with Gasteiger partial charge < -0.3 is 14.4 Å². The number of hydrogen-bond donors (Lipinski definition) is 0. The van der Waals surface area contributed by atoms with Crippen molar-refractivity contribution in [2.45, 2.75) is 13.5 Å². The maximum absolute atomic E-state index is 12.8. The summed E-state index contributed by atoms with van der Waals surface area (Å²) in [6.45, 7) is 2.74. The fourth-order valence-corrected chi connectivity index (χ4v) is 3.90. The van der Waals surface area contributed by atoms with Gasteiger partial charge >= 0.3 is 0 Å². The molecule has 0 bridgehead atoms. The monoisotopic (exact) mass is 390 g/mol. The Balaban J connectivity index is 1.82. The molecule has 0 aliphatic carbocycles. The summed E-state index contributed by atoms with van der Waals surface area (Å²) >= 11 is 7.85. The van der Waals surface area contributed by atoms with E-state index in [0.717, 1.165) is 15.2 Å². The molecule has 0 fully saturated rings. The Morgan fingerprint density at radius 2 is 2.08 bits per heavy atom. The van der Waals surface area contributed by atoms with Crippen molar-refractivity contribution < 1.29 is 14.3 Å². The molecule has 0 saturated carbocycles. The van der Waals surface area contributed by atoms with Crippen molar-refractivity contribution in [1.29, 1.82) is 0 Å². The largest absolute Gasteiger partial charge is 0.493 e. The zero-order chi connectivity index (χ0) is 18.7. The first-order valence-corrected chi connectivity index (χ1v) is 9.33. The minimum absolute atomic E-state index is 0.160. The second-order valence-electron chi connectivity index (χ2n) is 5.66. The van der Waals surface area contributed by atoms with Crippen LogP contribution in [0, 0.1) is 0 Å². The van der Waals surface area contributed by atoms with Crippen LogP contribution < -0.4 is 9.47 Å². The highest BCUT2D eigenvalue weighted by molar-refractivity contribution is 7.18. The topological polar surface area (TPSA) is 51.7 Å². The predicted molar refractivity (Wildman–Crippen MR) is 105 cm³/mol. The summed E-state index contributed by atoms with van der Waals surface area (Å²) in [5.41, 5.74) is 1.39. The van der Waals surface area contributed by atoms with Crippen LogP contribution in [0.4, 0.5) is 0 Å². The van der Waals surface area contributed by atoms with E-state index in [1.54, 1.807) is 35.4 Å². The second-order valence-corrected chi connectivity index (χ2v) is 7.18. The maximum atomic E-state index is 12.8. The molecule has 0 saturated heterocycles. The number of carbonyl (C=O) groups excluding carboxylic acids is 1. The van der Waals surface area contributed by atoms with Crippen LogP contribution in [0.15, 0.2) is 36.4 Å². The molecule has 5 nitrogen and oxygen atoms in total.